The van der Waals surface area contributed by atoms with Gasteiger partial charge in [0.05, 0.1) is 8.07 Å². The number of phenols is 1. The Morgan fingerprint density at radius 1 is 1.00 bits per heavy atom. The summed E-state index contributed by atoms with van der Waals surface area (Å²) >= 11 is -0.556. The van der Waals surface area contributed by atoms with Crippen LogP contribution in [0.1, 0.15) is 5.56 Å². The van der Waals surface area contributed by atoms with Crippen molar-refractivity contribution in [2.24, 2.45) is 0 Å². The summed E-state index contributed by atoms with van der Waals surface area (Å²) in [5.41, 5.74) is 2.49. The third kappa shape index (κ3) is 7.25. The van der Waals surface area contributed by atoms with Crippen molar-refractivity contribution in [3.8, 4) is 5.75 Å². The Morgan fingerprint density at radius 3 is 2.12 bits per heavy atom. The minimum atomic E-state index is -1.37. The predicted octanol–water partition coefficient (Wildman–Crippen LogP) is 4.32. The second-order valence-electron chi connectivity index (χ2n) is 7.09. The Morgan fingerprint density at radius 2 is 1.60 bits per heavy atom. The van der Waals surface area contributed by atoms with E-state index in [1.165, 1.54) is 21.7 Å². The number of nitrogens with zero attached hydrogens (tertiary/aromatic N) is 1. The number of rotatable bonds is 4. The SMILES string of the molecule is Cc1ccc(Pc2cc([Si](C)(C)C)ccc2O)c(N(C)C)c1.[Cl][Ti][Cl]. The van der Waals surface area contributed by atoms with E-state index in [4.69, 9.17) is 18.6 Å². The molecule has 0 aromatic heterocycles. The molecule has 136 valence electrons. The van der Waals surface area contributed by atoms with Crippen molar-refractivity contribution in [1.29, 1.82) is 0 Å². The van der Waals surface area contributed by atoms with Gasteiger partial charge in [-0.3, -0.25) is 0 Å². The molecule has 2 aromatic rings. The normalized spacial score (nSPS) is 11.2. The average molecular weight is 450 g/mol. The number of benzene rings is 2. The van der Waals surface area contributed by atoms with E-state index < -0.39 is 25.1 Å². The molecule has 2 nitrogen and oxygen atoms in total. The molecule has 1 N–H and O–H groups in total. The van der Waals surface area contributed by atoms with Crippen LogP contribution in [-0.2, 0) is 17.0 Å². The van der Waals surface area contributed by atoms with Gasteiger partial charge in [0, 0.05) is 30.4 Å². The second-order valence-corrected chi connectivity index (χ2v) is 16.1. The van der Waals surface area contributed by atoms with Crippen molar-refractivity contribution < 1.29 is 22.1 Å². The van der Waals surface area contributed by atoms with Crippen LogP contribution in [0.15, 0.2) is 36.4 Å². The molecular weight excluding hydrogens is 424 g/mol. The molecule has 1 unspecified atom stereocenters. The van der Waals surface area contributed by atoms with Gasteiger partial charge in [0.15, 0.2) is 0 Å². The van der Waals surface area contributed by atoms with Gasteiger partial charge in [-0.2, -0.15) is 0 Å². The molecule has 0 aliphatic heterocycles. The fourth-order valence-corrected chi connectivity index (χ4v) is 4.99. The molecule has 0 aliphatic carbocycles. The molecule has 0 saturated carbocycles. The predicted molar refractivity (Wildman–Crippen MR) is 116 cm³/mol. The average Bonchev–Trinajstić information content (AvgIpc) is 2.50. The first-order chi connectivity index (χ1) is 11.6. The summed E-state index contributed by atoms with van der Waals surface area (Å²) in [4.78, 5) is 2.15. The summed E-state index contributed by atoms with van der Waals surface area (Å²) in [7, 11) is 13.0. The van der Waals surface area contributed by atoms with Gasteiger partial charge in [0.1, 0.15) is 5.75 Å². The summed E-state index contributed by atoms with van der Waals surface area (Å²) in [6.45, 7) is 9.12. The molecule has 0 spiro atoms. The maximum absolute atomic E-state index is 10.3. The standard InChI is InChI=1S/C18H26NOPSi.2ClH.Ti/c1-13-7-10-17(15(11-13)19(2)3)21-18-12-14(22(4,5)6)8-9-16(18)20;;;/h7-12,20-21H,1-6H3;2*1H;/q;;;+2/p-2. The Hall–Kier alpha value is -0.0188. The van der Waals surface area contributed by atoms with Crippen LogP contribution in [-0.4, -0.2) is 27.3 Å². The summed E-state index contributed by atoms with van der Waals surface area (Å²) < 4.78 is 0. The van der Waals surface area contributed by atoms with E-state index in [-0.39, 0.29) is 0 Å². The van der Waals surface area contributed by atoms with Crippen LogP contribution in [0.2, 0.25) is 19.6 Å². The molecule has 0 radical (unpaired) electrons. The zero-order valence-corrected chi connectivity index (χ0v) is 20.7. The van der Waals surface area contributed by atoms with Crippen LogP contribution in [0.25, 0.3) is 0 Å². The number of anilines is 1. The van der Waals surface area contributed by atoms with Gasteiger partial charge in [-0.25, -0.2) is 0 Å². The van der Waals surface area contributed by atoms with Crippen molar-refractivity contribution in [1.82, 2.24) is 0 Å². The van der Waals surface area contributed by atoms with Gasteiger partial charge in [-0.1, -0.05) is 57.7 Å². The van der Waals surface area contributed by atoms with Crippen molar-refractivity contribution in [3.63, 3.8) is 0 Å². The van der Waals surface area contributed by atoms with E-state index in [2.05, 4.69) is 75.9 Å². The van der Waals surface area contributed by atoms with Gasteiger partial charge in [-0.05, 0) is 24.6 Å². The Bertz CT molecular complexity index is 708. The molecule has 7 heteroatoms. The summed E-state index contributed by atoms with van der Waals surface area (Å²) in [5.74, 6) is 0.408. The zero-order chi connectivity index (χ0) is 19.2. The van der Waals surface area contributed by atoms with Crippen LogP contribution in [0.4, 0.5) is 5.69 Å². The third-order valence-corrected chi connectivity index (χ3v) is 7.17. The van der Waals surface area contributed by atoms with Gasteiger partial charge < -0.3 is 10.0 Å². The van der Waals surface area contributed by atoms with Crippen LogP contribution in [0.3, 0.4) is 0 Å². The number of aryl methyl sites for hydroxylation is 1. The molecular formula is C18H26Cl2NOPSiTi. The fraction of sp³-hybridized carbons (Fsp3) is 0.333. The minimum absolute atomic E-state index is 0.408. The van der Waals surface area contributed by atoms with Crippen molar-refractivity contribution >= 4 is 56.7 Å². The van der Waals surface area contributed by atoms with Gasteiger partial charge in [0.25, 0.3) is 0 Å². The number of halogens is 2. The van der Waals surface area contributed by atoms with E-state index in [1.807, 2.05) is 6.07 Å². The molecule has 0 amide bonds. The first-order valence-corrected chi connectivity index (χ1v) is 16.7. The molecule has 1 atom stereocenters. The van der Waals surface area contributed by atoms with Crippen molar-refractivity contribution in [2.45, 2.75) is 26.6 Å². The summed E-state index contributed by atoms with van der Waals surface area (Å²) in [5, 5.41) is 14.0. The zero-order valence-electron chi connectivity index (χ0n) is 15.6. The molecule has 2 aromatic carbocycles. The van der Waals surface area contributed by atoms with Crippen molar-refractivity contribution in [2.75, 3.05) is 19.0 Å². The Balaban J connectivity index is 0.000000970. The first kappa shape index (κ1) is 23.0. The van der Waals surface area contributed by atoms with E-state index in [1.54, 1.807) is 0 Å². The Labute approximate surface area is 171 Å². The molecule has 0 heterocycles. The topological polar surface area (TPSA) is 23.5 Å². The Kier molecular flexibility index (Phi) is 9.53. The quantitative estimate of drug-likeness (QED) is 0.555. The van der Waals surface area contributed by atoms with E-state index in [9.17, 15) is 5.11 Å². The summed E-state index contributed by atoms with van der Waals surface area (Å²) in [6, 6.07) is 12.7. The second kappa shape index (κ2) is 10.4. The molecule has 0 saturated heterocycles. The number of hydrogen-bond donors (Lipinski definition) is 1. The molecule has 25 heavy (non-hydrogen) atoms. The molecule has 0 fully saturated rings. The number of phenolic OH excluding ortho intramolecular Hbond substituents is 1. The maximum atomic E-state index is 10.3. The van der Waals surface area contributed by atoms with Crippen LogP contribution >= 0.6 is 27.2 Å². The molecule has 2 rings (SSSR count). The van der Waals surface area contributed by atoms with Crippen LogP contribution < -0.4 is 20.7 Å². The summed E-state index contributed by atoms with van der Waals surface area (Å²) in [6.07, 6.45) is 0. The van der Waals surface area contributed by atoms with Gasteiger partial charge >= 0.3 is 35.6 Å². The monoisotopic (exact) mass is 449 g/mol. The van der Waals surface area contributed by atoms with E-state index in [0.717, 1.165) is 5.30 Å². The van der Waals surface area contributed by atoms with Crippen molar-refractivity contribution in [3.05, 3.63) is 42.0 Å². The third-order valence-electron chi connectivity index (χ3n) is 3.77. The van der Waals surface area contributed by atoms with Gasteiger partial charge in [-0.15, -0.1) is 0 Å². The van der Waals surface area contributed by atoms with Crippen LogP contribution in [0.5, 0.6) is 5.75 Å². The number of hydrogen-bond acceptors (Lipinski definition) is 2. The fourth-order valence-electron chi connectivity index (χ4n) is 2.37. The molecule has 0 bridgehead atoms. The van der Waals surface area contributed by atoms with E-state index in [0.29, 0.717) is 14.3 Å². The number of aromatic hydroxyl groups is 1. The van der Waals surface area contributed by atoms with Crippen LogP contribution in [0, 0.1) is 6.92 Å². The first-order valence-electron chi connectivity index (χ1n) is 7.95. The van der Waals surface area contributed by atoms with E-state index >= 15 is 0 Å². The molecule has 0 aliphatic rings. The van der Waals surface area contributed by atoms with Gasteiger partial charge in [0.2, 0.25) is 0 Å².